The Morgan fingerprint density at radius 3 is 2.85 bits per heavy atom. The maximum Gasteiger partial charge on any atom is 0.275 e. The molecule has 1 aliphatic carbocycles. The maximum atomic E-state index is 11.4. The SMILES string of the molecule is CN(C)C(=O)c1cc(C2CC2)on1. The Balaban J connectivity index is 2.16. The molecule has 0 atom stereocenters. The summed E-state index contributed by atoms with van der Waals surface area (Å²) in [7, 11) is 3.40. The van der Waals surface area contributed by atoms with E-state index in [1.54, 1.807) is 20.2 Å². The van der Waals surface area contributed by atoms with Crippen molar-refractivity contribution in [2.75, 3.05) is 14.1 Å². The molecule has 0 saturated heterocycles. The molecule has 0 unspecified atom stereocenters. The Hall–Kier alpha value is -1.32. The van der Waals surface area contributed by atoms with Gasteiger partial charge in [-0.3, -0.25) is 4.79 Å². The fourth-order valence-electron chi connectivity index (χ4n) is 1.18. The van der Waals surface area contributed by atoms with Crippen LogP contribution in [0.25, 0.3) is 0 Å². The zero-order valence-electron chi connectivity index (χ0n) is 7.78. The summed E-state index contributed by atoms with van der Waals surface area (Å²) >= 11 is 0. The van der Waals surface area contributed by atoms with Crippen molar-refractivity contribution < 1.29 is 9.32 Å². The van der Waals surface area contributed by atoms with Crippen LogP contribution in [0.3, 0.4) is 0 Å². The van der Waals surface area contributed by atoms with Gasteiger partial charge in [0.1, 0.15) is 5.76 Å². The molecule has 1 saturated carbocycles. The first-order chi connectivity index (χ1) is 6.18. The number of nitrogens with zero attached hydrogens (tertiary/aromatic N) is 2. The lowest BCUT2D eigenvalue weighted by Crippen LogP contribution is -2.21. The Labute approximate surface area is 76.5 Å². The fourth-order valence-corrected chi connectivity index (χ4v) is 1.18. The summed E-state index contributed by atoms with van der Waals surface area (Å²) in [5, 5.41) is 3.73. The standard InChI is InChI=1S/C9H12N2O2/c1-11(2)9(12)7-5-8(13-10-7)6-3-4-6/h5-6H,3-4H2,1-2H3. The van der Waals surface area contributed by atoms with E-state index in [9.17, 15) is 4.79 Å². The summed E-state index contributed by atoms with van der Waals surface area (Å²) < 4.78 is 5.06. The molecule has 0 aromatic carbocycles. The molecule has 1 aliphatic rings. The molecule has 0 N–H and O–H groups in total. The van der Waals surface area contributed by atoms with Gasteiger partial charge in [-0.25, -0.2) is 0 Å². The van der Waals surface area contributed by atoms with Crippen molar-refractivity contribution in [2.45, 2.75) is 18.8 Å². The van der Waals surface area contributed by atoms with Gasteiger partial charge in [0.15, 0.2) is 5.69 Å². The molecule has 4 nitrogen and oxygen atoms in total. The largest absolute Gasteiger partial charge is 0.360 e. The Bertz CT molecular complexity index is 326. The molecule has 70 valence electrons. The molecule has 1 amide bonds. The number of rotatable bonds is 2. The molecule has 2 rings (SSSR count). The summed E-state index contributed by atoms with van der Waals surface area (Å²) in [5.41, 5.74) is 0.409. The number of amides is 1. The average molecular weight is 180 g/mol. The minimum Gasteiger partial charge on any atom is -0.360 e. The second-order valence-electron chi connectivity index (χ2n) is 3.59. The van der Waals surface area contributed by atoms with Crippen molar-refractivity contribution in [3.63, 3.8) is 0 Å². The van der Waals surface area contributed by atoms with Crippen LogP contribution in [-0.4, -0.2) is 30.1 Å². The lowest BCUT2D eigenvalue weighted by atomic mass is 10.3. The Morgan fingerprint density at radius 1 is 1.62 bits per heavy atom. The summed E-state index contributed by atoms with van der Waals surface area (Å²) in [5.74, 6) is 1.26. The van der Waals surface area contributed by atoms with Crippen molar-refractivity contribution in [1.29, 1.82) is 0 Å². The van der Waals surface area contributed by atoms with Crippen molar-refractivity contribution in [3.05, 3.63) is 17.5 Å². The highest BCUT2D eigenvalue weighted by atomic mass is 16.5. The quantitative estimate of drug-likeness (QED) is 0.688. The Morgan fingerprint density at radius 2 is 2.31 bits per heavy atom. The summed E-state index contributed by atoms with van der Waals surface area (Å²) in [6.45, 7) is 0. The van der Waals surface area contributed by atoms with Crippen molar-refractivity contribution in [1.82, 2.24) is 10.1 Å². The molecule has 1 fully saturated rings. The van der Waals surface area contributed by atoms with E-state index in [-0.39, 0.29) is 5.91 Å². The Kier molecular flexibility index (Phi) is 1.83. The topological polar surface area (TPSA) is 46.3 Å². The van der Waals surface area contributed by atoms with Gasteiger partial charge >= 0.3 is 0 Å². The molecule has 4 heteroatoms. The fraction of sp³-hybridized carbons (Fsp3) is 0.556. The number of carbonyl (C=O) groups is 1. The first-order valence-electron chi connectivity index (χ1n) is 4.36. The minimum absolute atomic E-state index is 0.101. The van der Waals surface area contributed by atoms with Crippen molar-refractivity contribution in [3.8, 4) is 0 Å². The molecule has 0 bridgehead atoms. The third-order valence-electron chi connectivity index (χ3n) is 2.13. The van der Waals surface area contributed by atoms with Crippen LogP contribution >= 0.6 is 0 Å². The van der Waals surface area contributed by atoms with Crippen LogP contribution in [-0.2, 0) is 0 Å². The van der Waals surface area contributed by atoms with Gasteiger partial charge < -0.3 is 9.42 Å². The van der Waals surface area contributed by atoms with Crippen LogP contribution in [0.15, 0.2) is 10.6 Å². The molecule has 1 heterocycles. The first-order valence-corrected chi connectivity index (χ1v) is 4.36. The predicted molar refractivity (Wildman–Crippen MR) is 46.5 cm³/mol. The van der Waals surface area contributed by atoms with Crippen LogP contribution in [0, 0.1) is 0 Å². The van der Waals surface area contributed by atoms with Gasteiger partial charge in [-0.2, -0.15) is 0 Å². The molecule has 0 radical (unpaired) electrons. The number of carbonyl (C=O) groups excluding carboxylic acids is 1. The zero-order valence-corrected chi connectivity index (χ0v) is 7.78. The van der Waals surface area contributed by atoms with Crippen molar-refractivity contribution >= 4 is 5.91 Å². The van der Waals surface area contributed by atoms with Crippen LogP contribution < -0.4 is 0 Å². The predicted octanol–water partition coefficient (Wildman–Crippen LogP) is 1.25. The molecule has 0 aliphatic heterocycles. The summed E-state index contributed by atoms with van der Waals surface area (Å²) in [4.78, 5) is 12.9. The van der Waals surface area contributed by atoms with Crippen LogP contribution in [0.2, 0.25) is 0 Å². The lowest BCUT2D eigenvalue weighted by Gasteiger charge is -2.05. The average Bonchev–Trinajstić information content (AvgIpc) is 2.83. The van der Waals surface area contributed by atoms with Gasteiger partial charge in [-0.1, -0.05) is 5.16 Å². The van der Waals surface area contributed by atoms with E-state index in [1.165, 1.54) is 4.90 Å². The molecular formula is C9H12N2O2. The van der Waals surface area contributed by atoms with Gasteiger partial charge in [0, 0.05) is 26.1 Å². The number of hydrogen-bond donors (Lipinski definition) is 0. The molecule has 1 aromatic heterocycles. The zero-order chi connectivity index (χ0) is 9.42. The summed E-state index contributed by atoms with van der Waals surface area (Å²) in [6.07, 6.45) is 2.32. The molecular weight excluding hydrogens is 168 g/mol. The summed E-state index contributed by atoms with van der Waals surface area (Å²) in [6, 6.07) is 1.75. The van der Waals surface area contributed by atoms with Crippen LogP contribution in [0.4, 0.5) is 0 Å². The maximum absolute atomic E-state index is 11.4. The van der Waals surface area contributed by atoms with Gasteiger partial charge in [-0.05, 0) is 12.8 Å². The molecule has 0 spiro atoms. The van der Waals surface area contributed by atoms with Gasteiger partial charge in [0.2, 0.25) is 0 Å². The smallest absolute Gasteiger partial charge is 0.275 e. The van der Waals surface area contributed by atoms with E-state index in [4.69, 9.17) is 4.52 Å². The number of aromatic nitrogens is 1. The van der Waals surface area contributed by atoms with Gasteiger partial charge in [-0.15, -0.1) is 0 Å². The van der Waals surface area contributed by atoms with E-state index < -0.39 is 0 Å². The van der Waals surface area contributed by atoms with E-state index in [1.807, 2.05) is 0 Å². The molecule has 1 aromatic rings. The highest BCUT2D eigenvalue weighted by Crippen LogP contribution is 2.40. The highest BCUT2D eigenvalue weighted by molar-refractivity contribution is 5.91. The second-order valence-corrected chi connectivity index (χ2v) is 3.59. The van der Waals surface area contributed by atoms with E-state index in [2.05, 4.69) is 5.16 Å². The van der Waals surface area contributed by atoms with E-state index in [0.717, 1.165) is 18.6 Å². The third-order valence-corrected chi connectivity index (χ3v) is 2.13. The van der Waals surface area contributed by atoms with Gasteiger partial charge in [0.05, 0.1) is 0 Å². The van der Waals surface area contributed by atoms with Crippen LogP contribution in [0.5, 0.6) is 0 Å². The normalized spacial score (nSPS) is 15.8. The highest BCUT2D eigenvalue weighted by Gasteiger charge is 2.29. The minimum atomic E-state index is -0.101. The van der Waals surface area contributed by atoms with Crippen molar-refractivity contribution in [2.24, 2.45) is 0 Å². The lowest BCUT2D eigenvalue weighted by molar-refractivity contribution is 0.0817. The van der Waals surface area contributed by atoms with E-state index in [0.29, 0.717) is 11.6 Å². The molecule has 13 heavy (non-hydrogen) atoms. The first kappa shape index (κ1) is 8.29. The second kappa shape index (κ2) is 2.87. The number of hydrogen-bond acceptors (Lipinski definition) is 3. The monoisotopic (exact) mass is 180 g/mol. The van der Waals surface area contributed by atoms with E-state index >= 15 is 0 Å². The third kappa shape index (κ3) is 1.56. The van der Waals surface area contributed by atoms with Crippen LogP contribution in [0.1, 0.15) is 35.0 Å². The van der Waals surface area contributed by atoms with Gasteiger partial charge in [0.25, 0.3) is 5.91 Å².